The number of halogens is 1. The minimum Gasteiger partial charge on any atom is -0.452 e. The van der Waals surface area contributed by atoms with Gasteiger partial charge in [-0.05, 0) is 61.6 Å². The first kappa shape index (κ1) is 19.1. The molecular weight excluding hydrogens is 371 g/mol. The van der Waals surface area contributed by atoms with Crippen molar-refractivity contribution in [3.8, 4) is 0 Å². The van der Waals surface area contributed by atoms with Crippen LogP contribution in [-0.2, 0) is 22.4 Å². The molecule has 0 bridgehead atoms. The van der Waals surface area contributed by atoms with E-state index in [0.29, 0.717) is 11.3 Å². The first-order valence-corrected chi connectivity index (χ1v) is 9.75. The molecule has 0 saturated carbocycles. The number of nitrogens with one attached hydrogen (secondary N) is 1. The van der Waals surface area contributed by atoms with E-state index in [-0.39, 0.29) is 5.82 Å². The molecule has 0 spiro atoms. The molecule has 2 aromatic carbocycles. The maximum Gasteiger partial charge on any atom is 0.339 e. The lowest BCUT2D eigenvalue weighted by molar-refractivity contribution is -0.119. The van der Waals surface area contributed by atoms with Gasteiger partial charge in [-0.3, -0.25) is 9.78 Å². The van der Waals surface area contributed by atoms with Gasteiger partial charge < -0.3 is 10.1 Å². The fourth-order valence-electron chi connectivity index (χ4n) is 3.72. The van der Waals surface area contributed by atoms with Crippen LogP contribution in [0.15, 0.2) is 48.5 Å². The van der Waals surface area contributed by atoms with E-state index in [1.807, 2.05) is 24.3 Å². The fourth-order valence-corrected chi connectivity index (χ4v) is 3.72. The second-order valence-electron chi connectivity index (χ2n) is 7.12. The minimum atomic E-state index is -0.518. The van der Waals surface area contributed by atoms with Crippen LogP contribution in [0.1, 0.15) is 40.9 Å². The maximum absolute atomic E-state index is 13.0. The Bertz CT molecular complexity index is 1060. The van der Waals surface area contributed by atoms with Crippen LogP contribution in [0.3, 0.4) is 0 Å². The summed E-state index contributed by atoms with van der Waals surface area (Å²) >= 11 is 0. The first-order valence-electron chi connectivity index (χ1n) is 9.75. The van der Waals surface area contributed by atoms with Gasteiger partial charge in [0.05, 0.1) is 11.1 Å². The summed E-state index contributed by atoms with van der Waals surface area (Å²) in [4.78, 5) is 29.9. The Morgan fingerprint density at radius 1 is 1.00 bits per heavy atom. The Labute approximate surface area is 167 Å². The first-order chi connectivity index (χ1) is 14.1. The van der Waals surface area contributed by atoms with E-state index in [0.717, 1.165) is 54.3 Å². The van der Waals surface area contributed by atoms with E-state index in [1.54, 1.807) is 0 Å². The Hall–Kier alpha value is -3.28. The topological polar surface area (TPSA) is 68.3 Å². The summed E-state index contributed by atoms with van der Waals surface area (Å²) in [6, 6.07) is 12.9. The van der Waals surface area contributed by atoms with Gasteiger partial charge in [0.1, 0.15) is 5.82 Å². The number of carbonyl (C=O) groups is 2. The lowest BCUT2D eigenvalue weighted by Crippen LogP contribution is -2.22. The highest BCUT2D eigenvalue weighted by Crippen LogP contribution is 2.29. The molecule has 0 unspecified atom stereocenters. The lowest BCUT2D eigenvalue weighted by atomic mass is 9.97. The molecule has 1 aliphatic carbocycles. The monoisotopic (exact) mass is 392 g/mol. The molecule has 0 atom stereocenters. The van der Waals surface area contributed by atoms with Crippen molar-refractivity contribution < 1.29 is 18.7 Å². The van der Waals surface area contributed by atoms with E-state index in [2.05, 4.69) is 5.32 Å². The Morgan fingerprint density at radius 2 is 1.76 bits per heavy atom. The summed E-state index contributed by atoms with van der Waals surface area (Å²) in [7, 11) is 0. The van der Waals surface area contributed by atoms with Crippen molar-refractivity contribution >= 4 is 28.5 Å². The average molecular weight is 392 g/mol. The van der Waals surface area contributed by atoms with Gasteiger partial charge in [-0.1, -0.05) is 24.6 Å². The number of aromatic nitrogens is 1. The van der Waals surface area contributed by atoms with Crippen molar-refractivity contribution in [2.75, 3.05) is 11.9 Å². The zero-order chi connectivity index (χ0) is 20.2. The van der Waals surface area contributed by atoms with Crippen molar-refractivity contribution in [1.82, 2.24) is 4.98 Å². The standard InChI is InChI=1S/C23H21FN2O3/c24-15-10-12-16(13-11-15)25-21(27)14-29-23(28)22-17-6-2-1-3-8-19(17)26-20-9-5-4-7-18(20)22/h4-5,7,9-13H,1-3,6,8,14H2,(H,25,27). The van der Waals surface area contributed by atoms with Crippen molar-refractivity contribution in [3.63, 3.8) is 0 Å². The van der Waals surface area contributed by atoms with Crippen LogP contribution < -0.4 is 5.32 Å². The molecule has 1 amide bonds. The van der Waals surface area contributed by atoms with Crippen molar-refractivity contribution in [2.24, 2.45) is 0 Å². The van der Waals surface area contributed by atoms with E-state index >= 15 is 0 Å². The third-order valence-electron chi connectivity index (χ3n) is 5.09. The van der Waals surface area contributed by atoms with Crippen molar-refractivity contribution in [1.29, 1.82) is 0 Å². The van der Waals surface area contributed by atoms with Crippen LogP contribution in [-0.4, -0.2) is 23.5 Å². The summed E-state index contributed by atoms with van der Waals surface area (Å²) in [6.07, 6.45) is 4.76. The molecule has 1 aromatic heterocycles. The summed E-state index contributed by atoms with van der Waals surface area (Å²) in [6.45, 7) is -0.415. The number of fused-ring (bicyclic) bond motifs is 2. The number of para-hydroxylation sites is 1. The number of rotatable bonds is 4. The smallest absolute Gasteiger partial charge is 0.339 e. The molecular formula is C23H21FN2O3. The van der Waals surface area contributed by atoms with Gasteiger partial charge in [-0.2, -0.15) is 0 Å². The second-order valence-corrected chi connectivity index (χ2v) is 7.12. The highest BCUT2D eigenvalue weighted by atomic mass is 19.1. The van der Waals surface area contributed by atoms with E-state index in [4.69, 9.17) is 9.72 Å². The summed E-state index contributed by atoms with van der Waals surface area (Å²) in [5.74, 6) is -1.38. The number of nitrogens with zero attached hydrogens (tertiary/aromatic N) is 1. The zero-order valence-electron chi connectivity index (χ0n) is 15.9. The van der Waals surface area contributed by atoms with Crippen LogP contribution in [0.5, 0.6) is 0 Å². The largest absolute Gasteiger partial charge is 0.452 e. The van der Waals surface area contributed by atoms with Gasteiger partial charge in [0.15, 0.2) is 6.61 Å². The number of benzene rings is 2. The number of esters is 1. The van der Waals surface area contributed by atoms with E-state index in [1.165, 1.54) is 24.3 Å². The molecule has 0 aliphatic heterocycles. The highest BCUT2D eigenvalue weighted by Gasteiger charge is 2.23. The molecule has 29 heavy (non-hydrogen) atoms. The van der Waals surface area contributed by atoms with Gasteiger partial charge in [-0.15, -0.1) is 0 Å². The van der Waals surface area contributed by atoms with Crippen LogP contribution >= 0.6 is 0 Å². The molecule has 148 valence electrons. The molecule has 5 nitrogen and oxygen atoms in total. The second kappa shape index (κ2) is 8.39. The molecule has 3 aromatic rings. The maximum atomic E-state index is 13.0. The molecule has 1 aliphatic rings. The summed E-state index contributed by atoms with van der Waals surface area (Å²) in [5, 5.41) is 3.34. The van der Waals surface area contributed by atoms with Crippen molar-refractivity contribution in [2.45, 2.75) is 32.1 Å². The van der Waals surface area contributed by atoms with Gasteiger partial charge in [0.2, 0.25) is 0 Å². The number of amides is 1. The minimum absolute atomic E-state index is 0.389. The molecule has 1 heterocycles. The third kappa shape index (κ3) is 4.26. The summed E-state index contributed by atoms with van der Waals surface area (Å²) in [5.41, 5.74) is 3.60. The van der Waals surface area contributed by atoms with E-state index in [9.17, 15) is 14.0 Å². The number of pyridine rings is 1. The van der Waals surface area contributed by atoms with Crippen molar-refractivity contribution in [3.05, 3.63) is 71.2 Å². The Kier molecular flexibility index (Phi) is 5.51. The zero-order valence-corrected chi connectivity index (χ0v) is 15.9. The predicted octanol–water partition coefficient (Wildman–Crippen LogP) is 4.44. The number of aryl methyl sites for hydroxylation is 1. The van der Waals surface area contributed by atoms with Gasteiger partial charge in [0, 0.05) is 16.8 Å². The predicted molar refractivity (Wildman–Crippen MR) is 108 cm³/mol. The Morgan fingerprint density at radius 3 is 2.59 bits per heavy atom. The molecule has 0 fully saturated rings. The highest BCUT2D eigenvalue weighted by molar-refractivity contribution is 6.06. The van der Waals surface area contributed by atoms with Gasteiger partial charge in [0.25, 0.3) is 5.91 Å². The Balaban J connectivity index is 1.55. The SMILES string of the molecule is O=C(COC(=O)c1c2c(nc3ccccc13)CCCCC2)Nc1ccc(F)cc1. The fraction of sp³-hybridized carbons (Fsp3) is 0.261. The quantitative estimate of drug-likeness (QED) is 0.527. The number of anilines is 1. The molecule has 1 N–H and O–H groups in total. The molecule has 0 saturated heterocycles. The molecule has 4 rings (SSSR count). The van der Waals surface area contributed by atoms with E-state index < -0.39 is 18.5 Å². The van der Waals surface area contributed by atoms with Crippen LogP contribution in [0.25, 0.3) is 10.9 Å². The number of hydrogen-bond donors (Lipinski definition) is 1. The average Bonchev–Trinajstić information content (AvgIpc) is 2.97. The van der Waals surface area contributed by atoms with Crippen LogP contribution in [0.2, 0.25) is 0 Å². The van der Waals surface area contributed by atoms with Crippen LogP contribution in [0, 0.1) is 5.82 Å². The molecule has 0 radical (unpaired) electrons. The number of hydrogen-bond acceptors (Lipinski definition) is 4. The summed E-state index contributed by atoms with van der Waals surface area (Å²) < 4.78 is 18.3. The third-order valence-corrected chi connectivity index (χ3v) is 5.09. The van der Waals surface area contributed by atoms with Crippen LogP contribution in [0.4, 0.5) is 10.1 Å². The number of carbonyl (C=O) groups excluding carboxylic acids is 2. The molecule has 6 heteroatoms. The number of ether oxygens (including phenoxy) is 1. The van der Waals surface area contributed by atoms with Gasteiger partial charge >= 0.3 is 5.97 Å². The normalized spacial score (nSPS) is 13.4. The van der Waals surface area contributed by atoms with Gasteiger partial charge in [-0.25, -0.2) is 9.18 Å². The lowest BCUT2D eigenvalue weighted by Gasteiger charge is -2.15.